The minimum Gasteiger partial charge on any atom is -0.366 e. The summed E-state index contributed by atoms with van der Waals surface area (Å²) in [5.41, 5.74) is 10.6. The van der Waals surface area contributed by atoms with E-state index >= 15 is 0 Å². The van der Waals surface area contributed by atoms with E-state index in [1.54, 1.807) is 0 Å². The van der Waals surface area contributed by atoms with E-state index in [0.717, 1.165) is 43.1 Å². The Morgan fingerprint density at radius 1 is 1.03 bits per heavy atom. The normalized spacial score (nSPS) is 22.7. The summed E-state index contributed by atoms with van der Waals surface area (Å²) in [6, 6.07) is 14.8. The molecule has 1 saturated heterocycles. The number of benzene rings is 2. The maximum absolute atomic E-state index is 11.3. The number of nitrogens with two attached hydrogens (primary N) is 1. The molecule has 1 fully saturated rings. The van der Waals surface area contributed by atoms with E-state index in [1.807, 2.05) is 12.1 Å². The number of primary amides is 1. The van der Waals surface area contributed by atoms with Gasteiger partial charge in [0.05, 0.1) is 5.56 Å². The van der Waals surface area contributed by atoms with Crippen LogP contribution in [0.4, 0.5) is 0 Å². The largest absolute Gasteiger partial charge is 0.366 e. The molecule has 0 radical (unpaired) electrons. The van der Waals surface area contributed by atoms with Crippen LogP contribution in [0, 0.1) is 0 Å². The van der Waals surface area contributed by atoms with Crippen LogP contribution in [-0.2, 0) is 12.0 Å². The Morgan fingerprint density at radius 2 is 1.72 bits per heavy atom. The summed E-state index contributed by atoms with van der Waals surface area (Å²) in [7, 11) is 0. The molecule has 0 unspecified atom stereocenters. The van der Waals surface area contributed by atoms with Crippen molar-refractivity contribution in [3.8, 4) is 11.4 Å². The Hall–Kier alpha value is -2.76. The molecule has 2 N–H and O–H groups in total. The summed E-state index contributed by atoms with van der Waals surface area (Å²) in [5, 5.41) is 0.767. The summed E-state index contributed by atoms with van der Waals surface area (Å²) in [6.07, 6.45) is 5.17. The Kier molecular flexibility index (Phi) is 4.37. The number of amides is 1. The molecule has 2 bridgehead atoms. The molecule has 1 aromatic heterocycles. The first-order valence-electron chi connectivity index (χ1n) is 9.79. The van der Waals surface area contributed by atoms with Crippen molar-refractivity contribution in [2.45, 2.75) is 24.8 Å². The van der Waals surface area contributed by atoms with Crippen molar-refractivity contribution >= 4 is 17.5 Å². The molecule has 2 aromatic carbocycles. The number of piperidine rings is 1. The number of hydrogen-bond donors (Lipinski definition) is 1. The molecule has 3 aromatic rings. The molecular formula is C23H21ClN4O. The standard InChI is InChI=1S/C23H21ClN4O/c24-19-4-2-18(3-5-19)23-7-9-28(10-8-23)14-16-11-15(1-6-20(16)23)22-26-12-17(13-27-22)21(25)29/h1-6,11-13H,7-10,14H2,(H2,25,29). The summed E-state index contributed by atoms with van der Waals surface area (Å²) < 4.78 is 0. The smallest absolute Gasteiger partial charge is 0.251 e. The molecule has 0 spiro atoms. The third-order valence-corrected chi connectivity index (χ3v) is 6.57. The van der Waals surface area contributed by atoms with Gasteiger partial charge in [-0.2, -0.15) is 0 Å². The first-order chi connectivity index (χ1) is 14.0. The highest BCUT2D eigenvalue weighted by atomic mass is 35.5. The van der Waals surface area contributed by atoms with Gasteiger partial charge in [-0.25, -0.2) is 9.97 Å². The summed E-state index contributed by atoms with van der Waals surface area (Å²) in [4.78, 5) is 22.5. The van der Waals surface area contributed by atoms with Gasteiger partial charge in [0.2, 0.25) is 0 Å². The topological polar surface area (TPSA) is 72.1 Å². The Labute approximate surface area is 174 Å². The highest BCUT2D eigenvalue weighted by Gasteiger charge is 2.42. The molecule has 3 aliphatic heterocycles. The molecule has 6 heteroatoms. The van der Waals surface area contributed by atoms with E-state index in [-0.39, 0.29) is 5.41 Å². The fraction of sp³-hybridized carbons (Fsp3) is 0.261. The van der Waals surface area contributed by atoms with Gasteiger partial charge >= 0.3 is 0 Å². The van der Waals surface area contributed by atoms with Gasteiger partial charge in [0, 0.05) is 34.9 Å². The van der Waals surface area contributed by atoms with Crippen LogP contribution in [0.25, 0.3) is 11.4 Å². The number of carbonyl (C=O) groups excluding carboxylic acids is 1. The molecule has 5 nitrogen and oxygen atoms in total. The zero-order valence-corrected chi connectivity index (χ0v) is 16.7. The van der Waals surface area contributed by atoms with Gasteiger partial charge < -0.3 is 5.73 Å². The fourth-order valence-electron chi connectivity index (χ4n) is 4.75. The lowest BCUT2D eigenvalue weighted by Gasteiger charge is -2.39. The fourth-order valence-corrected chi connectivity index (χ4v) is 4.88. The van der Waals surface area contributed by atoms with Crippen LogP contribution in [0.15, 0.2) is 54.9 Å². The summed E-state index contributed by atoms with van der Waals surface area (Å²) >= 11 is 6.15. The molecular weight excluding hydrogens is 384 g/mol. The molecule has 6 rings (SSSR count). The Bertz CT molecular complexity index is 1070. The van der Waals surface area contributed by atoms with Gasteiger partial charge in [-0.3, -0.25) is 9.69 Å². The van der Waals surface area contributed by atoms with Crippen molar-refractivity contribution in [1.82, 2.24) is 14.9 Å². The van der Waals surface area contributed by atoms with Crippen molar-refractivity contribution in [3.63, 3.8) is 0 Å². The van der Waals surface area contributed by atoms with Gasteiger partial charge in [0.1, 0.15) is 0 Å². The average Bonchev–Trinajstić information content (AvgIpc) is 3.00. The molecule has 3 aliphatic rings. The number of halogens is 1. The van der Waals surface area contributed by atoms with Crippen LogP contribution in [0.2, 0.25) is 5.02 Å². The number of aromatic nitrogens is 2. The van der Waals surface area contributed by atoms with Gasteiger partial charge in [-0.05, 0) is 60.8 Å². The van der Waals surface area contributed by atoms with Crippen molar-refractivity contribution < 1.29 is 4.79 Å². The summed E-state index contributed by atoms with van der Waals surface area (Å²) in [5.74, 6) is 0.0812. The molecule has 0 aliphatic carbocycles. The lowest BCUT2D eigenvalue weighted by Crippen LogP contribution is -2.39. The van der Waals surface area contributed by atoms with Gasteiger partial charge in [-0.1, -0.05) is 35.9 Å². The third kappa shape index (κ3) is 3.11. The van der Waals surface area contributed by atoms with E-state index in [2.05, 4.69) is 45.2 Å². The van der Waals surface area contributed by atoms with Crippen LogP contribution in [0.1, 0.15) is 39.9 Å². The second-order valence-corrected chi connectivity index (χ2v) is 8.33. The first kappa shape index (κ1) is 18.3. The monoisotopic (exact) mass is 404 g/mol. The predicted octanol–water partition coefficient (Wildman–Crippen LogP) is 3.79. The SMILES string of the molecule is NC(=O)c1cnc(-c2ccc3c(c2)CN2CCC3(c3ccc(Cl)cc3)CC2)nc1. The van der Waals surface area contributed by atoms with Crippen LogP contribution >= 0.6 is 11.6 Å². The van der Waals surface area contributed by atoms with E-state index < -0.39 is 5.91 Å². The molecule has 0 saturated carbocycles. The molecule has 1 amide bonds. The van der Waals surface area contributed by atoms with Crippen LogP contribution in [-0.4, -0.2) is 33.9 Å². The van der Waals surface area contributed by atoms with Gasteiger partial charge in [0.25, 0.3) is 5.91 Å². The quantitative estimate of drug-likeness (QED) is 0.720. The highest BCUT2D eigenvalue weighted by molar-refractivity contribution is 6.30. The maximum atomic E-state index is 11.3. The maximum Gasteiger partial charge on any atom is 0.251 e. The van der Waals surface area contributed by atoms with E-state index in [9.17, 15) is 4.79 Å². The van der Waals surface area contributed by atoms with Crippen molar-refractivity contribution in [1.29, 1.82) is 0 Å². The second kappa shape index (κ2) is 6.94. The van der Waals surface area contributed by atoms with E-state index in [0.29, 0.717) is 11.4 Å². The van der Waals surface area contributed by atoms with Crippen LogP contribution in [0.5, 0.6) is 0 Å². The van der Waals surface area contributed by atoms with Crippen molar-refractivity contribution in [2.75, 3.05) is 13.1 Å². The van der Waals surface area contributed by atoms with Crippen LogP contribution in [0.3, 0.4) is 0 Å². The number of fused-ring (bicyclic) bond motifs is 2. The molecule has 0 atom stereocenters. The summed E-state index contributed by atoms with van der Waals surface area (Å²) in [6.45, 7) is 3.09. The molecule has 29 heavy (non-hydrogen) atoms. The molecule has 146 valence electrons. The van der Waals surface area contributed by atoms with E-state index in [4.69, 9.17) is 17.3 Å². The minimum atomic E-state index is -0.521. The average molecular weight is 405 g/mol. The number of nitrogens with zero attached hydrogens (tertiary/aromatic N) is 3. The van der Waals surface area contributed by atoms with Crippen molar-refractivity contribution in [2.24, 2.45) is 5.73 Å². The lowest BCUT2D eigenvalue weighted by molar-refractivity contribution is 0.0999. The lowest BCUT2D eigenvalue weighted by atomic mass is 9.68. The Balaban J connectivity index is 1.60. The highest BCUT2D eigenvalue weighted by Crippen LogP contribution is 2.47. The third-order valence-electron chi connectivity index (χ3n) is 6.32. The van der Waals surface area contributed by atoms with Gasteiger partial charge in [-0.15, -0.1) is 0 Å². The van der Waals surface area contributed by atoms with Crippen LogP contribution < -0.4 is 5.73 Å². The zero-order chi connectivity index (χ0) is 20.0. The predicted molar refractivity (Wildman–Crippen MR) is 113 cm³/mol. The van der Waals surface area contributed by atoms with Gasteiger partial charge in [0.15, 0.2) is 5.82 Å². The van der Waals surface area contributed by atoms with Crippen molar-refractivity contribution in [3.05, 3.63) is 82.1 Å². The number of carbonyl (C=O) groups is 1. The first-order valence-corrected chi connectivity index (χ1v) is 10.2. The second-order valence-electron chi connectivity index (χ2n) is 7.90. The van der Waals surface area contributed by atoms with E-state index in [1.165, 1.54) is 29.1 Å². The number of rotatable bonds is 3. The zero-order valence-electron chi connectivity index (χ0n) is 15.9. The number of hydrogen-bond acceptors (Lipinski definition) is 4. The molecule has 4 heterocycles. The Morgan fingerprint density at radius 3 is 2.38 bits per heavy atom. The minimum absolute atomic E-state index is 0.0160.